The molecule has 11 heteroatoms. The van der Waals surface area contributed by atoms with E-state index in [9.17, 15) is 9.59 Å². The minimum atomic E-state index is -1.36. The quantitative estimate of drug-likeness (QED) is 0.726. The molecule has 1 aliphatic rings. The van der Waals surface area contributed by atoms with Gasteiger partial charge in [-0.3, -0.25) is 9.36 Å². The second-order valence-electron chi connectivity index (χ2n) is 6.88. The Labute approximate surface area is 174 Å². The molecule has 0 aromatic carbocycles. The van der Waals surface area contributed by atoms with E-state index in [1.54, 1.807) is 15.7 Å². The lowest BCUT2D eigenvalue weighted by molar-refractivity contribution is -0.131. The summed E-state index contributed by atoms with van der Waals surface area (Å²) >= 11 is 0. The Kier molecular flexibility index (Phi) is 7.23. The van der Waals surface area contributed by atoms with Gasteiger partial charge in [0, 0.05) is 26.3 Å². The molecular formula is C18H23ClN6O4. The molecule has 2 aromatic rings. The van der Waals surface area contributed by atoms with Crippen molar-refractivity contribution < 1.29 is 19.4 Å². The van der Waals surface area contributed by atoms with Crippen LogP contribution in [0.3, 0.4) is 0 Å². The number of nitriles is 1. The summed E-state index contributed by atoms with van der Waals surface area (Å²) < 4.78 is 6.22. The van der Waals surface area contributed by atoms with Crippen LogP contribution in [0.4, 0.5) is 10.6 Å². The molecule has 2 atom stereocenters. The zero-order valence-corrected chi connectivity index (χ0v) is 17.0. The molecule has 3 heterocycles. The molecule has 10 nitrogen and oxygen atoms in total. The van der Waals surface area contributed by atoms with E-state index in [-0.39, 0.29) is 37.5 Å². The molecule has 1 amide bonds. The Hall–Kier alpha value is -3.06. The first-order valence-corrected chi connectivity index (χ1v) is 8.95. The molecule has 1 aliphatic heterocycles. The zero-order chi connectivity index (χ0) is 20.3. The predicted molar refractivity (Wildman–Crippen MR) is 107 cm³/mol. The molecule has 0 radical (unpaired) electrons. The van der Waals surface area contributed by atoms with Crippen LogP contribution in [0.5, 0.6) is 0 Å². The fraction of sp³-hybridized carbons (Fsp3) is 0.500. The number of likely N-dealkylation sites (N-methyl/N-ethyl adjacent to an activating group) is 1. The van der Waals surface area contributed by atoms with Crippen molar-refractivity contribution in [2.75, 3.05) is 25.0 Å². The molecular weight excluding hydrogens is 400 g/mol. The van der Waals surface area contributed by atoms with E-state index in [0.717, 1.165) is 11.8 Å². The van der Waals surface area contributed by atoms with Crippen molar-refractivity contribution in [3.8, 4) is 6.07 Å². The highest BCUT2D eigenvalue weighted by Gasteiger charge is 2.32. The van der Waals surface area contributed by atoms with Gasteiger partial charge in [-0.2, -0.15) is 5.26 Å². The average Bonchev–Trinajstić information content (AvgIpc) is 3.09. The summed E-state index contributed by atoms with van der Waals surface area (Å²) in [6.45, 7) is 3.15. The topological polar surface area (TPSA) is 125 Å². The van der Waals surface area contributed by atoms with Crippen LogP contribution >= 0.6 is 12.4 Å². The molecule has 0 unspecified atom stereocenters. The fourth-order valence-electron chi connectivity index (χ4n) is 3.62. The highest BCUT2D eigenvalue weighted by atomic mass is 35.5. The molecule has 0 saturated carbocycles. The Balaban J connectivity index is 0.00000300. The third kappa shape index (κ3) is 4.68. The van der Waals surface area contributed by atoms with E-state index in [0.29, 0.717) is 30.5 Å². The van der Waals surface area contributed by atoms with Gasteiger partial charge in [0.2, 0.25) is 5.91 Å². The van der Waals surface area contributed by atoms with E-state index in [4.69, 9.17) is 10.4 Å². The monoisotopic (exact) mass is 422 g/mol. The van der Waals surface area contributed by atoms with E-state index in [1.165, 1.54) is 6.33 Å². The van der Waals surface area contributed by atoms with Crippen molar-refractivity contribution in [1.82, 2.24) is 19.4 Å². The number of hydrogen-bond acceptors (Lipinski definition) is 7. The number of carboxylic acid groups (broad SMARTS) is 1. The number of ether oxygens (including phenoxy) is 1. The van der Waals surface area contributed by atoms with Crippen LogP contribution in [0.25, 0.3) is 11.0 Å². The first-order valence-electron chi connectivity index (χ1n) is 8.95. The van der Waals surface area contributed by atoms with Crippen LogP contribution in [0.1, 0.15) is 19.8 Å². The van der Waals surface area contributed by atoms with E-state index in [2.05, 4.69) is 21.6 Å². The fourth-order valence-corrected chi connectivity index (χ4v) is 3.62. The summed E-state index contributed by atoms with van der Waals surface area (Å²) in [6.07, 6.45) is 2.50. The van der Waals surface area contributed by atoms with Gasteiger partial charge in [-0.15, -0.1) is 12.4 Å². The number of fused-ring (bicyclic) bond motifs is 1. The van der Waals surface area contributed by atoms with Crippen molar-refractivity contribution >= 4 is 41.3 Å². The summed E-state index contributed by atoms with van der Waals surface area (Å²) in [6, 6.07) is 3.77. The van der Waals surface area contributed by atoms with Crippen LogP contribution in [0, 0.1) is 17.2 Å². The summed E-state index contributed by atoms with van der Waals surface area (Å²) in [5.41, 5.74) is 0.568. The number of anilines is 1. The predicted octanol–water partition coefficient (Wildman–Crippen LogP) is 2.09. The number of carbonyl (C=O) groups is 2. The maximum absolute atomic E-state index is 12.1. The molecule has 1 saturated heterocycles. The number of amides is 1. The number of piperidine rings is 1. The van der Waals surface area contributed by atoms with Gasteiger partial charge in [0.05, 0.1) is 17.5 Å². The second-order valence-corrected chi connectivity index (χ2v) is 6.88. The van der Waals surface area contributed by atoms with Crippen LogP contribution in [0.2, 0.25) is 0 Å². The lowest BCUT2D eigenvalue weighted by Gasteiger charge is -2.42. The van der Waals surface area contributed by atoms with E-state index in [1.807, 2.05) is 24.1 Å². The smallest absolute Gasteiger partial charge is 0.450 e. The van der Waals surface area contributed by atoms with Gasteiger partial charge in [-0.05, 0) is 18.4 Å². The second kappa shape index (κ2) is 9.43. The maximum Gasteiger partial charge on any atom is 0.507 e. The number of carbonyl (C=O) groups excluding carboxylic acids is 1. The third-order valence-corrected chi connectivity index (χ3v) is 5.20. The Bertz CT molecular complexity index is 927. The normalized spacial score (nSPS) is 18.6. The van der Waals surface area contributed by atoms with Crippen molar-refractivity contribution in [3.05, 3.63) is 18.6 Å². The molecule has 29 heavy (non-hydrogen) atoms. The van der Waals surface area contributed by atoms with Gasteiger partial charge in [-0.1, -0.05) is 6.92 Å². The molecule has 2 aromatic heterocycles. The van der Waals surface area contributed by atoms with E-state index < -0.39 is 6.16 Å². The summed E-state index contributed by atoms with van der Waals surface area (Å²) in [4.78, 5) is 35.2. The molecule has 3 rings (SSSR count). The molecule has 0 bridgehead atoms. The first-order chi connectivity index (χ1) is 13.4. The molecule has 0 spiro atoms. The maximum atomic E-state index is 12.1. The van der Waals surface area contributed by atoms with Crippen molar-refractivity contribution in [1.29, 1.82) is 5.26 Å². The molecule has 1 N–H and O–H groups in total. The highest BCUT2D eigenvalue weighted by molar-refractivity contribution is 5.88. The number of nitrogens with zero attached hydrogens (tertiary/aromatic N) is 6. The van der Waals surface area contributed by atoms with Gasteiger partial charge in [0.25, 0.3) is 0 Å². The van der Waals surface area contributed by atoms with Crippen LogP contribution in [-0.4, -0.2) is 62.8 Å². The van der Waals surface area contributed by atoms with Gasteiger partial charge in [-0.25, -0.2) is 14.8 Å². The molecule has 1 fully saturated rings. The molecule has 156 valence electrons. The van der Waals surface area contributed by atoms with Crippen LogP contribution in [0.15, 0.2) is 18.6 Å². The van der Waals surface area contributed by atoms with Crippen LogP contribution < -0.4 is 4.90 Å². The minimum absolute atomic E-state index is 0. The van der Waals surface area contributed by atoms with E-state index >= 15 is 0 Å². The largest absolute Gasteiger partial charge is 0.507 e. The van der Waals surface area contributed by atoms with Crippen LogP contribution in [-0.2, 0) is 16.3 Å². The highest BCUT2D eigenvalue weighted by Crippen LogP contribution is 2.29. The summed E-state index contributed by atoms with van der Waals surface area (Å²) in [5, 5.41) is 18.3. The van der Waals surface area contributed by atoms with Crippen molar-refractivity contribution in [3.63, 3.8) is 0 Å². The SMILES string of the molecule is C[C@@H]1CCN(C(=O)CC#N)C[C@@H]1N(C)c1ncnc2c1ccn2COC(=O)O.Cl. The summed E-state index contributed by atoms with van der Waals surface area (Å²) in [5.74, 6) is 0.877. The number of likely N-dealkylation sites (tertiary alicyclic amines) is 1. The zero-order valence-electron chi connectivity index (χ0n) is 16.2. The van der Waals surface area contributed by atoms with Gasteiger partial charge >= 0.3 is 6.16 Å². The van der Waals surface area contributed by atoms with Gasteiger partial charge in [0.15, 0.2) is 6.73 Å². The number of rotatable bonds is 5. The third-order valence-electron chi connectivity index (χ3n) is 5.20. The average molecular weight is 423 g/mol. The molecule has 0 aliphatic carbocycles. The Morgan fingerprint density at radius 2 is 2.21 bits per heavy atom. The van der Waals surface area contributed by atoms with Crippen molar-refractivity contribution in [2.45, 2.75) is 32.5 Å². The Morgan fingerprint density at radius 1 is 1.45 bits per heavy atom. The standard InChI is InChI=1S/C18H22N6O4.ClH/c1-12-4-7-23(15(25)3-6-19)9-14(12)22(2)16-13-5-8-24(11-28-18(26)27)17(13)21-10-20-16;/h5,8,10,12,14H,3-4,7,9,11H2,1-2H3,(H,26,27);1H/t12-,14+;/m1./s1. The lowest BCUT2D eigenvalue weighted by atomic mass is 9.92. The minimum Gasteiger partial charge on any atom is -0.450 e. The summed E-state index contributed by atoms with van der Waals surface area (Å²) in [7, 11) is 1.92. The lowest BCUT2D eigenvalue weighted by Crippen LogP contribution is -2.52. The number of halogens is 1. The van der Waals surface area contributed by atoms with Gasteiger partial charge < -0.3 is 19.6 Å². The Morgan fingerprint density at radius 3 is 2.90 bits per heavy atom. The first kappa shape index (κ1) is 22.2. The number of hydrogen-bond donors (Lipinski definition) is 1. The van der Waals surface area contributed by atoms with Crippen molar-refractivity contribution in [2.24, 2.45) is 5.92 Å². The van der Waals surface area contributed by atoms with Gasteiger partial charge in [0.1, 0.15) is 24.2 Å². The number of aromatic nitrogens is 3.